The lowest BCUT2D eigenvalue weighted by atomic mass is 10.1. The van der Waals surface area contributed by atoms with Crippen LogP contribution in [0.15, 0.2) is 24.3 Å². The van der Waals surface area contributed by atoms with Crippen LogP contribution in [-0.2, 0) is 20.7 Å². The van der Waals surface area contributed by atoms with Gasteiger partial charge in [0.25, 0.3) is 10.1 Å². The molecule has 5 heteroatoms. The minimum Gasteiger partial charge on any atom is -0.292 e. The molecule has 0 bridgehead atoms. The van der Waals surface area contributed by atoms with Gasteiger partial charge in [0.05, 0.1) is 6.04 Å². The van der Waals surface area contributed by atoms with Crippen LogP contribution in [0.4, 0.5) is 0 Å². The molecule has 1 aromatic carbocycles. The Bertz CT molecular complexity index is 497. The molecule has 0 saturated carbocycles. The molecule has 2 aliphatic rings. The summed E-state index contributed by atoms with van der Waals surface area (Å²) in [5.74, 6) is -0.0947. The third kappa shape index (κ3) is 1.47. The molecule has 1 aliphatic heterocycles. The fourth-order valence-electron chi connectivity index (χ4n) is 2.30. The van der Waals surface area contributed by atoms with Gasteiger partial charge in [-0.25, -0.2) is 0 Å². The molecule has 0 aromatic heterocycles. The largest absolute Gasteiger partial charge is 0.292 e. The van der Waals surface area contributed by atoms with Crippen molar-refractivity contribution in [1.82, 2.24) is 5.32 Å². The summed E-state index contributed by atoms with van der Waals surface area (Å²) >= 11 is 0. The SMILES string of the molecule is O=S1(=O)CNC2c3ccccc3CC2O1. The number of hydrogen-bond acceptors (Lipinski definition) is 4. The molecule has 0 spiro atoms. The van der Waals surface area contributed by atoms with Gasteiger partial charge in [-0.15, -0.1) is 0 Å². The van der Waals surface area contributed by atoms with Crippen LogP contribution < -0.4 is 5.32 Å². The molecular weight excluding hydrogens is 214 g/mol. The fourth-order valence-corrected chi connectivity index (χ4v) is 3.31. The Morgan fingerprint density at radius 3 is 3.00 bits per heavy atom. The zero-order valence-electron chi connectivity index (χ0n) is 8.01. The Morgan fingerprint density at radius 1 is 1.33 bits per heavy atom. The van der Waals surface area contributed by atoms with E-state index in [4.69, 9.17) is 4.18 Å². The lowest BCUT2D eigenvalue weighted by Crippen LogP contribution is -2.42. The van der Waals surface area contributed by atoms with Crippen molar-refractivity contribution in [2.24, 2.45) is 0 Å². The standard InChI is InChI=1S/C10H11NO3S/c12-15(13)6-11-10-8-4-2-1-3-7(8)5-9(10)14-15/h1-4,9-11H,5-6H2. The van der Waals surface area contributed by atoms with E-state index in [1.165, 1.54) is 5.56 Å². The van der Waals surface area contributed by atoms with E-state index in [1.807, 2.05) is 24.3 Å². The van der Waals surface area contributed by atoms with Crippen LogP contribution in [-0.4, -0.2) is 20.4 Å². The predicted octanol–water partition coefficient (Wildman–Crippen LogP) is 0.559. The molecule has 1 saturated heterocycles. The van der Waals surface area contributed by atoms with Gasteiger partial charge in [-0.2, -0.15) is 8.42 Å². The third-order valence-corrected chi connectivity index (χ3v) is 3.99. The topological polar surface area (TPSA) is 55.4 Å². The molecule has 2 atom stereocenters. The first-order valence-electron chi connectivity index (χ1n) is 4.88. The van der Waals surface area contributed by atoms with Gasteiger partial charge in [0.15, 0.2) is 0 Å². The van der Waals surface area contributed by atoms with Crippen LogP contribution in [0, 0.1) is 0 Å². The molecular formula is C10H11NO3S. The molecule has 0 radical (unpaired) electrons. The van der Waals surface area contributed by atoms with E-state index >= 15 is 0 Å². The van der Waals surface area contributed by atoms with E-state index in [9.17, 15) is 8.42 Å². The van der Waals surface area contributed by atoms with Gasteiger partial charge in [-0.05, 0) is 11.1 Å². The predicted molar refractivity (Wildman–Crippen MR) is 54.7 cm³/mol. The van der Waals surface area contributed by atoms with Crippen LogP contribution in [0.25, 0.3) is 0 Å². The number of nitrogens with one attached hydrogen (secondary N) is 1. The van der Waals surface area contributed by atoms with Gasteiger partial charge >= 0.3 is 0 Å². The van der Waals surface area contributed by atoms with Crippen LogP contribution in [0.1, 0.15) is 17.2 Å². The molecule has 80 valence electrons. The van der Waals surface area contributed by atoms with E-state index < -0.39 is 10.1 Å². The normalized spacial score (nSPS) is 32.0. The average molecular weight is 225 g/mol. The summed E-state index contributed by atoms with van der Waals surface area (Å²) in [5.41, 5.74) is 2.34. The summed E-state index contributed by atoms with van der Waals surface area (Å²) < 4.78 is 27.6. The van der Waals surface area contributed by atoms with Crippen LogP contribution >= 0.6 is 0 Å². The summed E-state index contributed by atoms with van der Waals surface area (Å²) in [4.78, 5) is 0. The van der Waals surface area contributed by atoms with Gasteiger partial charge < -0.3 is 0 Å². The van der Waals surface area contributed by atoms with Crippen molar-refractivity contribution < 1.29 is 12.6 Å². The second-order valence-electron chi connectivity index (χ2n) is 3.92. The van der Waals surface area contributed by atoms with Crippen LogP contribution in [0.2, 0.25) is 0 Å². The second kappa shape index (κ2) is 3.04. The van der Waals surface area contributed by atoms with Crippen molar-refractivity contribution in [2.45, 2.75) is 18.6 Å². The van der Waals surface area contributed by atoms with Gasteiger partial charge in [-0.3, -0.25) is 9.50 Å². The summed E-state index contributed by atoms with van der Waals surface area (Å²) in [5, 5.41) is 3.01. The van der Waals surface area contributed by atoms with Crippen molar-refractivity contribution in [3.05, 3.63) is 35.4 Å². The average Bonchev–Trinajstić information content (AvgIpc) is 2.52. The van der Waals surface area contributed by atoms with E-state index in [0.717, 1.165) is 5.56 Å². The molecule has 15 heavy (non-hydrogen) atoms. The van der Waals surface area contributed by atoms with E-state index in [1.54, 1.807) is 0 Å². The second-order valence-corrected chi connectivity index (χ2v) is 5.52. The highest BCUT2D eigenvalue weighted by Gasteiger charge is 2.40. The summed E-state index contributed by atoms with van der Waals surface area (Å²) in [6.07, 6.45) is 0.411. The molecule has 1 heterocycles. The highest BCUT2D eigenvalue weighted by atomic mass is 32.2. The molecule has 1 N–H and O–H groups in total. The van der Waals surface area contributed by atoms with E-state index in [2.05, 4.69) is 5.32 Å². The Morgan fingerprint density at radius 2 is 2.13 bits per heavy atom. The van der Waals surface area contributed by atoms with Crippen molar-refractivity contribution >= 4 is 10.1 Å². The highest BCUT2D eigenvalue weighted by molar-refractivity contribution is 7.86. The highest BCUT2D eigenvalue weighted by Crippen LogP contribution is 2.36. The zero-order chi connectivity index (χ0) is 10.5. The summed E-state index contributed by atoms with van der Waals surface area (Å²) in [6.45, 7) is 0. The number of hydrogen-bond donors (Lipinski definition) is 1. The Labute approximate surface area is 88.4 Å². The monoisotopic (exact) mass is 225 g/mol. The number of fused-ring (bicyclic) bond motifs is 3. The Kier molecular flexibility index (Phi) is 1.89. The van der Waals surface area contributed by atoms with Crippen molar-refractivity contribution in [3.63, 3.8) is 0 Å². The minimum atomic E-state index is -3.37. The summed E-state index contributed by atoms with van der Waals surface area (Å²) in [6, 6.07) is 8.00. The van der Waals surface area contributed by atoms with Gasteiger partial charge in [-0.1, -0.05) is 24.3 Å². The molecule has 1 aromatic rings. The lowest BCUT2D eigenvalue weighted by Gasteiger charge is -2.26. The lowest BCUT2D eigenvalue weighted by molar-refractivity contribution is 0.157. The summed E-state index contributed by atoms with van der Waals surface area (Å²) in [7, 11) is -3.37. The maximum Gasteiger partial charge on any atom is 0.280 e. The third-order valence-electron chi connectivity index (χ3n) is 2.93. The van der Waals surface area contributed by atoms with Gasteiger partial charge in [0.2, 0.25) is 0 Å². The van der Waals surface area contributed by atoms with Crippen molar-refractivity contribution in [1.29, 1.82) is 0 Å². The van der Waals surface area contributed by atoms with E-state index in [0.29, 0.717) is 6.42 Å². The first kappa shape index (κ1) is 9.33. The maximum absolute atomic E-state index is 11.3. The molecule has 4 nitrogen and oxygen atoms in total. The van der Waals surface area contributed by atoms with Crippen LogP contribution in [0.3, 0.4) is 0 Å². The van der Waals surface area contributed by atoms with E-state index in [-0.39, 0.29) is 18.0 Å². The van der Waals surface area contributed by atoms with Crippen molar-refractivity contribution in [3.8, 4) is 0 Å². The Hall–Kier alpha value is -0.910. The number of rotatable bonds is 0. The van der Waals surface area contributed by atoms with Crippen molar-refractivity contribution in [2.75, 3.05) is 5.88 Å². The quantitative estimate of drug-likeness (QED) is 0.655. The molecule has 2 unspecified atom stereocenters. The smallest absolute Gasteiger partial charge is 0.280 e. The molecule has 1 fully saturated rings. The first-order valence-corrected chi connectivity index (χ1v) is 6.46. The van der Waals surface area contributed by atoms with Gasteiger partial charge in [0, 0.05) is 6.42 Å². The number of benzene rings is 1. The molecule has 3 rings (SSSR count). The van der Waals surface area contributed by atoms with Gasteiger partial charge in [0.1, 0.15) is 12.0 Å². The molecule has 0 amide bonds. The first-order chi connectivity index (χ1) is 7.16. The van der Waals surface area contributed by atoms with Crippen LogP contribution in [0.5, 0.6) is 0 Å². The fraction of sp³-hybridized carbons (Fsp3) is 0.400. The zero-order valence-corrected chi connectivity index (χ0v) is 8.83. The Balaban J connectivity index is 1.99. The minimum absolute atomic E-state index is 0.0322. The maximum atomic E-state index is 11.3. The molecule has 1 aliphatic carbocycles.